The molecule has 0 fully saturated rings. The maximum absolute atomic E-state index is 12.6. The Morgan fingerprint density at radius 3 is 2.03 bits per heavy atom. The second kappa shape index (κ2) is 9.29. The molecule has 0 bridgehead atoms. The number of ketones is 1. The van der Waals surface area contributed by atoms with E-state index >= 15 is 0 Å². The second-order valence-electron chi connectivity index (χ2n) is 5.95. The van der Waals surface area contributed by atoms with Gasteiger partial charge in [0.2, 0.25) is 11.6 Å². The van der Waals surface area contributed by atoms with E-state index in [9.17, 15) is 44.3 Å². The molecular formula is C18H8ClF9N2O3. The van der Waals surface area contributed by atoms with Gasteiger partial charge in [-0.1, -0.05) is 11.6 Å². The minimum Gasteiger partial charge on any atom is -0.504 e. The number of aromatic nitrogens is 1. The second-order valence-corrected chi connectivity index (χ2v) is 6.36. The molecule has 0 radical (unpaired) electrons. The van der Waals surface area contributed by atoms with E-state index in [1.807, 2.05) is 0 Å². The van der Waals surface area contributed by atoms with Gasteiger partial charge in [-0.3, -0.25) is 9.79 Å². The van der Waals surface area contributed by atoms with Gasteiger partial charge in [0.25, 0.3) is 5.78 Å². The minimum atomic E-state index is -5.72. The van der Waals surface area contributed by atoms with Crippen molar-refractivity contribution in [1.82, 2.24) is 4.98 Å². The van der Waals surface area contributed by atoms with Gasteiger partial charge in [-0.25, -0.2) is 4.98 Å². The fourth-order valence-corrected chi connectivity index (χ4v) is 2.24. The lowest BCUT2D eigenvalue weighted by molar-refractivity contribution is -0.167. The number of nitrogens with zero attached hydrogens (tertiary/aromatic N) is 2. The zero-order valence-corrected chi connectivity index (χ0v) is 16.2. The van der Waals surface area contributed by atoms with Gasteiger partial charge in [-0.2, -0.15) is 39.5 Å². The molecular weight excluding hydrogens is 499 g/mol. The Hall–Kier alpha value is -3.29. The molecule has 33 heavy (non-hydrogen) atoms. The molecule has 1 aromatic carbocycles. The number of allylic oxidation sites excluding steroid dienone is 2. The number of carbonyl (C=O) groups is 1. The number of pyridine rings is 1. The van der Waals surface area contributed by atoms with Crippen molar-refractivity contribution in [3.05, 3.63) is 58.4 Å². The van der Waals surface area contributed by atoms with Crippen LogP contribution in [-0.2, 0) is 11.0 Å². The van der Waals surface area contributed by atoms with Crippen LogP contribution in [0.2, 0.25) is 5.02 Å². The highest BCUT2D eigenvalue weighted by atomic mass is 35.5. The highest BCUT2D eigenvalue weighted by Crippen LogP contribution is 2.35. The van der Waals surface area contributed by atoms with Gasteiger partial charge in [0, 0.05) is 12.4 Å². The predicted molar refractivity (Wildman–Crippen MR) is 95.7 cm³/mol. The van der Waals surface area contributed by atoms with Crippen molar-refractivity contribution in [2.75, 3.05) is 0 Å². The molecule has 1 N–H and O–H groups in total. The third-order valence-electron chi connectivity index (χ3n) is 3.55. The zero-order chi connectivity index (χ0) is 25.2. The van der Waals surface area contributed by atoms with Crippen LogP contribution in [0.3, 0.4) is 0 Å². The first kappa shape index (κ1) is 26.0. The molecule has 5 nitrogen and oxygen atoms in total. The lowest BCUT2D eigenvalue weighted by Crippen LogP contribution is -2.29. The van der Waals surface area contributed by atoms with E-state index in [1.54, 1.807) is 0 Å². The van der Waals surface area contributed by atoms with E-state index in [0.717, 1.165) is 24.3 Å². The SMILES string of the molecule is O=C(/C(C=Nc1ccc(Oc2ncc(C(F)(F)F)cc2Cl)cc1)=C(\O)C(F)(F)F)C(F)(F)F. The summed E-state index contributed by atoms with van der Waals surface area (Å²) < 4.78 is 118. The molecule has 0 unspecified atom stereocenters. The van der Waals surface area contributed by atoms with Crippen molar-refractivity contribution in [3.63, 3.8) is 0 Å². The summed E-state index contributed by atoms with van der Waals surface area (Å²) in [5, 5.41) is 8.50. The van der Waals surface area contributed by atoms with E-state index in [4.69, 9.17) is 21.4 Å². The van der Waals surface area contributed by atoms with Gasteiger partial charge in [0.05, 0.1) is 16.8 Å². The van der Waals surface area contributed by atoms with Crippen molar-refractivity contribution in [2.24, 2.45) is 4.99 Å². The smallest absolute Gasteiger partial charge is 0.455 e. The Morgan fingerprint density at radius 1 is 1.00 bits per heavy atom. The van der Waals surface area contributed by atoms with E-state index in [1.165, 1.54) is 0 Å². The Morgan fingerprint density at radius 2 is 1.58 bits per heavy atom. The van der Waals surface area contributed by atoms with E-state index in [2.05, 4.69) is 9.98 Å². The maximum atomic E-state index is 12.6. The van der Waals surface area contributed by atoms with Crippen LogP contribution in [0.1, 0.15) is 5.56 Å². The molecule has 0 saturated heterocycles. The van der Waals surface area contributed by atoms with Crippen LogP contribution < -0.4 is 4.74 Å². The fraction of sp³-hybridized carbons (Fsp3) is 0.167. The molecule has 1 aromatic heterocycles. The molecule has 0 saturated carbocycles. The Kier molecular flexibility index (Phi) is 7.31. The number of carbonyl (C=O) groups excluding carboxylic acids is 1. The van der Waals surface area contributed by atoms with Gasteiger partial charge in [0.1, 0.15) is 10.8 Å². The van der Waals surface area contributed by atoms with Crippen LogP contribution in [0.5, 0.6) is 11.6 Å². The largest absolute Gasteiger partial charge is 0.504 e. The fourth-order valence-electron chi connectivity index (χ4n) is 2.04. The van der Waals surface area contributed by atoms with Crippen molar-refractivity contribution in [2.45, 2.75) is 18.5 Å². The molecule has 0 aliphatic carbocycles. The summed E-state index contributed by atoms with van der Waals surface area (Å²) in [6, 6.07) is 4.76. The average Bonchev–Trinajstić information content (AvgIpc) is 2.68. The van der Waals surface area contributed by atoms with Crippen molar-refractivity contribution in [1.29, 1.82) is 0 Å². The zero-order valence-electron chi connectivity index (χ0n) is 15.5. The summed E-state index contributed by atoms with van der Waals surface area (Å²) in [4.78, 5) is 17.9. The molecule has 2 rings (SSSR count). The minimum absolute atomic E-state index is 0.0802. The van der Waals surface area contributed by atoms with Crippen LogP contribution in [0.4, 0.5) is 45.2 Å². The molecule has 2 aromatic rings. The normalized spacial score (nSPS) is 13.8. The van der Waals surface area contributed by atoms with Crippen molar-refractivity contribution >= 4 is 29.3 Å². The van der Waals surface area contributed by atoms with E-state index in [0.29, 0.717) is 12.3 Å². The average molecular weight is 507 g/mol. The van der Waals surface area contributed by atoms with Crippen LogP contribution >= 0.6 is 11.6 Å². The molecule has 1 heterocycles. The monoisotopic (exact) mass is 506 g/mol. The number of hydrogen-bond donors (Lipinski definition) is 1. The summed E-state index contributed by atoms with van der Waals surface area (Å²) in [6.07, 6.45) is -15.7. The topological polar surface area (TPSA) is 71.8 Å². The van der Waals surface area contributed by atoms with Crippen LogP contribution in [0, 0.1) is 0 Å². The van der Waals surface area contributed by atoms with Gasteiger partial charge in [-0.15, -0.1) is 0 Å². The van der Waals surface area contributed by atoms with Crippen molar-refractivity contribution in [3.8, 4) is 11.6 Å². The number of aliphatic hydroxyl groups is 1. The number of ether oxygens (including phenoxy) is 1. The molecule has 178 valence electrons. The maximum Gasteiger partial charge on any atom is 0.455 e. The third-order valence-corrected chi connectivity index (χ3v) is 3.83. The Bertz CT molecular complexity index is 1090. The van der Waals surface area contributed by atoms with Crippen LogP contribution in [0.15, 0.2) is 52.9 Å². The number of alkyl halides is 9. The quantitative estimate of drug-likeness (QED) is 0.211. The number of aliphatic hydroxyl groups excluding tert-OH is 1. The summed E-state index contributed by atoms with van der Waals surface area (Å²) >= 11 is 5.68. The lowest BCUT2D eigenvalue weighted by Gasteiger charge is -2.11. The van der Waals surface area contributed by atoms with Gasteiger partial charge < -0.3 is 9.84 Å². The highest BCUT2D eigenvalue weighted by Gasteiger charge is 2.46. The molecule has 0 amide bonds. The number of benzene rings is 1. The molecule has 0 aliphatic heterocycles. The molecule has 15 heteroatoms. The first-order valence-electron chi connectivity index (χ1n) is 8.17. The predicted octanol–water partition coefficient (Wildman–Crippen LogP) is 6.75. The Labute approximate surface area is 182 Å². The first-order valence-corrected chi connectivity index (χ1v) is 8.54. The standard InChI is InChI=1S/C18H8ClF9N2O3/c19-12-5-8(16(20,21)22)6-30-15(12)33-10-3-1-9(2-4-10)29-7-11(13(31)17(23,24)25)14(32)18(26,27)28/h1-7,31H/b13-11-,29-7?. The van der Waals surface area contributed by atoms with Gasteiger partial charge in [0.15, 0.2) is 0 Å². The lowest BCUT2D eigenvalue weighted by atomic mass is 10.1. The first-order chi connectivity index (χ1) is 15.0. The summed E-state index contributed by atoms with van der Waals surface area (Å²) in [7, 11) is 0. The number of Topliss-reactive ketones (excluding diaryl/α,β-unsaturated/α-hetero) is 1. The molecule has 0 aliphatic rings. The van der Waals surface area contributed by atoms with Gasteiger partial charge >= 0.3 is 18.5 Å². The molecule has 0 spiro atoms. The Balaban J connectivity index is 2.26. The van der Waals surface area contributed by atoms with Crippen LogP contribution in [0.25, 0.3) is 0 Å². The summed E-state index contributed by atoms with van der Waals surface area (Å²) in [5.41, 5.74) is -3.53. The number of aliphatic imine (C=N–C) groups is 1. The van der Waals surface area contributed by atoms with Gasteiger partial charge in [-0.05, 0) is 30.3 Å². The number of rotatable bonds is 5. The summed E-state index contributed by atoms with van der Waals surface area (Å²) in [5.74, 6) is -6.25. The summed E-state index contributed by atoms with van der Waals surface area (Å²) in [6.45, 7) is 0. The van der Waals surface area contributed by atoms with Crippen molar-refractivity contribution < 1.29 is 54.2 Å². The van der Waals surface area contributed by atoms with E-state index < -0.39 is 52.1 Å². The third kappa shape index (κ3) is 6.84. The van der Waals surface area contributed by atoms with E-state index in [-0.39, 0.29) is 17.7 Å². The number of halogens is 10. The highest BCUT2D eigenvalue weighted by molar-refractivity contribution is 6.31. The van der Waals surface area contributed by atoms with Crippen LogP contribution in [-0.4, -0.2) is 34.4 Å². The number of hydrogen-bond acceptors (Lipinski definition) is 5. The molecule has 0 atom stereocenters.